The number of carbonyl (C=O) groups excluding carboxylic acids is 3. The largest absolute Gasteiger partial charge is 0.477 e. The maximum Gasteiger partial charge on any atom is 0.364 e. The molecule has 3 amide bonds. The molecule has 6 aliphatic rings. The smallest absolute Gasteiger partial charge is 0.364 e. The van der Waals surface area contributed by atoms with Gasteiger partial charge in [-0.15, -0.1) is 0 Å². The molecule has 34 atom stereocenters. The van der Waals surface area contributed by atoms with Crippen LogP contribution in [0.15, 0.2) is 24.3 Å². The number of nitrogens with one attached hydrogen (secondary N) is 3. The Labute approximate surface area is 759 Å². The highest BCUT2D eigenvalue weighted by Gasteiger charge is 2.63. The number of amides is 3. The van der Waals surface area contributed by atoms with Crippen molar-refractivity contribution in [3.8, 4) is 0 Å². The maximum atomic E-state index is 13.7. The van der Waals surface area contributed by atoms with Crippen molar-refractivity contribution < 1.29 is 193 Å². The van der Waals surface area contributed by atoms with E-state index in [2.05, 4.69) is 41.9 Å². The summed E-state index contributed by atoms with van der Waals surface area (Å²) in [7, 11) is 0. The molecule has 42 nitrogen and oxygen atoms in total. The van der Waals surface area contributed by atoms with Crippen LogP contribution >= 0.6 is 0 Å². The Balaban J connectivity index is 1.19. The number of aliphatic hydroxyl groups excluding tert-OH is 20. The highest BCUT2D eigenvalue weighted by molar-refractivity contribution is 5.77. The molecule has 25 N–H and O–H groups in total. The second-order valence-corrected chi connectivity index (χ2v) is 35.3. The second-order valence-electron chi connectivity index (χ2n) is 35.3. The molecule has 6 heterocycles. The van der Waals surface area contributed by atoms with Gasteiger partial charge in [0.2, 0.25) is 17.7 Å². The monoisotopic (exact) mass is 1880 g/mol. The van der Waals surface area contributed by atoms with Crippen molar-refractivity contribution in [2.75, 3.05) is 46.2 Å². The van der Waals surface area contributed by atoms with Crippen molar-refractivity contribution in [2.24, 2.45) is 0 Å². The zero-order valence-electron chi connectivity index (χ0n) is 75.6. The summed E-state index contributed by atoms with van der Waals surface area (Å²) in [6, 6.07) is -5.02. The van der Waals surface area contributed by atoms with E-state index in [0.29, 0.717) is 12.8 Å². The minimum absolute atomic E-state index is 0.127. The number of aliphatic hydroxyl groups is 20. The van der Waals surface area contributed by atoms with Gasteiger partial charge >= 0.3 is 11.9 Å². The zero-order chi connectivity index (χ0) is 95.8. The Kier molecular flexibility index (Phi) is 52.4. The van der Waals surface area contributed by atoms with Crippen LogP contribution in [0.4, 0.5) is 0 Å². The minimum Gasteiger partial charge on any atom is -0.477 e. The Morgan fingerprint density at radius 1 is 0.415 bits per heavy atom. The first-order chi connectivity index (χ1) is 62.1. The molecular formula is C88H155N3O39. The van der Waals surface area contributed by atoms with Crippen LogP contribution in [-0.2, 0) is 80.8 Å². The van der Waals surface area contributed by atoms with Gasteiger partial charge in [0.1, 0.15) is 140 Å². The van der Waals surface area contributed by atoms with Crippen LogP contribution in [0.5, 0.6) is 0 Å². The molecule has 6 saturated heterocycles. The average Bonchev–Trinajstić information content (AvgIpc) is 0.762. The highest BCUT2D eigenvalue weighted by atomic mass is 16.8. The number of aliphatic carboxylic acids is 2. The van der Waals surface area contributed by atoms with E-state index >= 15 is 0 Å². The van der Waals surface area contributed by atoms with E-state index < -0.39 is 290 Å². The van der Waals surface area contributed by atoms with Gasteiger partial charge in [-0.2, -0.15) is 0 Å². The third kappa shape index (κ3) is 34.6. The van der Waals surface area contributed by atoms with Crippen LogP contribution in [0.3, 0.4) is 0 Å². The van der Waals surface area contributed by atoms with Gasteiger partial charge in [-0.25, -0.2) is 9.59 Å². The number of carboxylic acids is 2. The van der Waals surface area contributed by atoms with E-state index in [-0.39, 0.29) is 12.3 Å². The molecule has 0 bridgehead atoms. The van der Waals surface area contributed by atoms with Gasteiger partial charge in [-0.05, 0) is 44.9 Å². The molecule has 130 heavy (non-hydrogen) atoms. The van der Waals surface area contributed by atoms with Gasteiger partial charge < -0.3 is 185 Å². The van der Waals surface area contributed by atoms with Gasteiger partial charge in [0.25, 0.3) is 11.6 Å². The van der Waals surface area contributed by atoms with E-state index in [4.69, 9.17) is 56.8 Å². The van der Waals surface area contributed by atoms with Crippen LogP contribution in [0.1, 0.15) is 246 Å². The van der Waals surface area contributed by atoms with Gasteiger partial charge in [-0.1, -0.05) is 192 Å². The Morgan fingerprint density at radius 3 is 1.30 bits per heavy atom. The predicted octanol–water partition coefficient (Wildman–Crippen LogP) is -1.90. The number of hydrogen-bond acceptors (Lipinski definition) is 37. The van der Waals surface area contributed by atoms with Gasteiger partial charge in [0.05, 0.1) is 76.6 Å². The first-order valence-corrected chi connectivity index (χ1v) is 46.9. The van der Waals surface area contributed by atoms with Crippen LogP contribution < -0.4 is 16.0 Å². The second kappa shape index (κ2) is 59.6. The molecule has 42 heteroatoms. The lowest BCUT2D eigenvalue weighted by atomic mass is 9.88. The summed E-state index contributed by atoms with van der Waals surface area (Å²) in [4.78, 5) is 66.2. The van der Waals surface area contributed by atoms with Crippen molar-refractivity contribution >= 4 is 29.7 Å². The molecule has 0 aromatic heterocycles. The highest BCUT2D eigenvalue weighted by Crippen LogP contribution is 2.42. The Bertz CT molecular complexity index is 3230. The summed E-state index contributed by atoms with van der Waals surface area (Å²) in [6.07, 6.45) is -23.0. The summed E-state index contributed by atoms with van der Waals surface area (Å²) in [5, 5.41) is 253. The standard InChI is InChI=1S/C88H155N3O39/c1-5-7-9-11-13-15-17-19-20-21-22-23-24-25-26-28-30-32-34-36-38-40-62(104)91-52(53(99)39-37-35-33-31-29-27-18-16-14-12-10-8-6-2)48-119-82-72(112)70(110)76(59(46-95)122-82)126-83-73(113)71(111)75(60(47-96)123-83)125-81-64(90-51(4)98)77(69(109)61(124-81)49-120-87(85(115)116)41-54(100)63(89-50(3)97)78(128-87)66(106)56(102)43-92)127-84-74(114)80(68(108)58(45-94)121-84)130-88(86(117)118)42-55(101)65(105)79(129-88)67(107)57(103)44-93/h19-20,37,39,52-61,63-84,92-96,99-103,105-114H,5-18,21-36,38,40-49H2,1-4H3,(H,89,97)(H,90,98)(H,91,104)(H,115,116)(H,117,118)/b20-19-,39-37+/t52-,53+,54?,55?,56+,57+,58?,59?,60?,61?,63+,64?,65+,66+,67+,68-,69-,70+,71+,72?,73?,74?,75-,76+,77+,78?,79?,80-,81-,82+,83-,84-,87+,88-/m0/s1. The first-order valence-electron chi connectivity index (χ1n) is 46.9. The van der Waals surface area contributed by atoms with Crippen LogP contribution in [-0.4, -0.2) is 396 Å². The fraction of sp³-hybridized carbons (Fsp3) is 0.898. The molecule has 12 unspecified atom stereocenters. The van der Waals surface area contributed by atoms with Crippen molar-refractivity contribution in [1.29, 1.82) is 0 Å². The SMILES string of the molecule is CCCCCCCC/C=C\CCCCCCCCCCCCCC(=O)N[C@@H](CO[C@@H]1OC(CO)[C@@H](O[C@@H]2OC(CO)[C@H](O[C@@H]3OC(CO[C@]4(C(=O)O)CC(O)[C@@H](NC(C)=O)C([C@H](O)[C@H](O)CO)O4)[C@H](O)[C@H](O[C@@H]4OC(CO)[C@H](O)[C@H](O[C@]5(C(=O)O)CC(O)[C@@H](O)C([C@H](O)[C@H](O)CO)O5)C4O)C3NC(C)=O)[C@H](O)C2O)[C@H](O)C1O)[C@H](O)/C=C/CCCCCCCCCCCCC. The van der Waals surface area contributed by atoms with Gasteiger partial charge in [-0.3, -0.25) is 14.4 Å². The fourth-order valence-electron chi connectivity index (χ4n) is 17.1. The third-order valence-corrected chi connectivity index (χ3v) is 24.8. The lowest BCUT2D eigenvalue weighted by molar-refractivity contribution is -0.393. The van der Waals surface area contributed by atoms with E-state index in [9.17, 15) is 136 Å². The molecule has 0 radical (unpaired) electrons. The lowest BCUT2D eigenvalue weighted by Crippen LogP contribution is -2.71. The number of unbranched alkanes of at least 4 members (excludes halogenated alkanes) is 28. The number of ether oxygens (including phenoxy) is 12. The summed E-state index contributed by atoms with van der Waals surface area (Å²) in [6.45, 7) is -1.52. The quantitative estimate of drug-likeness (QED) is 0.0234. The predicted molar refractivity (Wildman–Crippen MR) is 456 cm³/mol. The zero-order valence-corrected chi connectivity index (χ0v) is 75.6. The summed E-state index contributed by atoms with van der Waals surface area (Å²) < 4.78 is 71.1. The molecule has 0 aliphatic carbocycles. The third-order valence-electron chi connectivity index (χ3n) is 24.8. The molecule has 0 aromatic rings. The molecule has 6 fully saturated rings. The van der Waals surface area contributed by atoms with Crippen LogP contribution in [0, 0.1) is 0 Å². The average molecular weight is 1880 g/mol. The summed E-state index contributed by atoms with van der Waals surface area (Å²) in [5.74, 6) is -13.2. The fourth-order valence-corrected chi connectivity index (χ4v) is 17.1. The first kappa shape index (κ1) is 114. The van der Waals surface area contributed by atoms with Gasteiger partial charge in [0.15, 0.2) is 25.2 Å². The van der Waals surface area contributed by atoms with Crippen molar-refractivity contribution in [3.05, 3.63) is 24.3 Å². The molecule has 0 aromatic carbocycles. The van der Waals surface area contributed by atoms with Crippen molar-refractivity contribution in [3.63, 3.8) is 0 Å². The molecule has 6 rings (SSSR count). The molecular weight excluding hydrogens is 1720 g/mol. The van der Waals surface area contributed by atoms with Crippen molar-refractivity contribution in [1.82, 2.24) is 16.0 Å². The van der Waals surface area contributed by atoms with E-state index in [0.717, 1.165) is 84.5 Å². The summed E-state index contributed by atoms with van der Waals surface area (Å²) in [5.41, 5.74) is 0. The Hall–Kier alpha value is -4.45. The topological polar surface area (TPSA) is 677 Å². The lowest BCUT2D eigenvalue weighted by Gasteiger charge is -2.51. The minimum atomic E-state index is -3.36. The molecule has 0 saturated carbocycles. The molecule has 0 spiro atoms. The normalized spacial score (nSPS) is 34.7. The van der Waals surface area contributed by atoms with Crippen LogP contribution in [0.25, 0.3) is 0 Å². The Morgan fingerprint density at radius 2 is 0.815 bits per heavy atom. The number of carboxylic acid groups (broad SMARTS) is 2. The van der Waals surface area contributed by atoms with E-state index in [1.54, 1.807) is 0 Å². The molecule has 6 aliphatic heterocycles. The van der Waals surface area contributed by atoms with E-state index in [1.165, 1.54) is 122 Å². The number of carbonyl (C=O) groups is 5. The number of allylic oxidation sites excluding steroid dienone is 3. The van der Waals surface area contributed by atoms with Crippen LogP contribution in [0.2, 0.25) is 0 Å². The van der Waals surface area contributed by atoms with E-state index in [1.807, 2.05) is 6.08 Å². The van der Waals surface area contributed by atoms with Gasteiger partial charge in [0, 0.05) is 33.1 Å². The summed E-state index contributed by atoms with van der Waals surface area (Å²) >= 11 is 0. The molecule has 756 valence electrons. The maximum absolute atomic E-state index is 13.7. The number of rotatable bonds is 63. The number of hydrogen-bond donors (Lipinski definition) is 25. The van der Waals surface area contributed by atoms with Crippen molar-refractivity contribution in [2.45, 2.75) is 453 Å².